The van der Waals surface area contributed by atoms with Crippen molar-refractivity contribution in [1.82, 2.24) is 4.98 Å². The van der Waals surface area contributed by atoms with Crippen molar-refractivity contribution in [3.8, 4) is 0 Å². The Morgan fingerprint density at radius 3 is 2.70 bits per heavy atom. The summed E-state index contributed by atoms with van der Waals surface area (Å²) in [6.45, 7) is 6.16. The van der Waals surface area contributed by atoms with Crippen molar-refractivity contribution in [1.29, 1.82) is 0 Å². The number of pyridine rings is 1. The van der Waals surface area contributed by atoms with Gasteiger partial charge in [0, 0.05) is 23.7 Å². The van der Waals surface area contributed by atoms with E-state index in [1.54, 1.807) is 11.3 Å². The molecule has 2 rings (SSSR count). The molecule has 2 aromatic rings. The molecule has 0 bridgehead atoms. The van der Waals surface area contributed by atoms with E-state index in [0.29, 0.717) is 0 Å². The van der Waals surface area contributed by atoms with Crippen molar-refractivity contribution in [2.75, 3.05) is 11.4 Å². The molecule has 0 spiro atoms. The van der Waals surface area contributed by atoms with Gasteiger partial charge in [0.25, 0.3) is 0 Å². The van der Waals surface area contributed by atoms with Gasteiger partial charge in [-0.1, -0.05) is 19.1 Å². The lowest BCUT2D eigenvalue weighted by Crippen LogP contribution is -2.23. The molecular formula is C16H23N3S. The van der Waals surface area contributed by atoms with Crippen LogP contribution in [-0.2, 0) is 13.0 Å². The lowest BCUT2D eigenvalue weighted by Gasteiger charge is -2.21. The smallest absolute Gasteiger partial charge is 0.128 e. The molecule has 1 unspecified atom stereocenters. The normalized spacial score (nSPS) is 12.3. The van der Waals surface area contributed by atoms with Gasteiger partial charge in [0.2, 0.25) is 0 Å². The predicted molar refractivity (Wildman–Crippen MR) is 87.3 cm³/mol. The number of rotatable bonds is 7. The Morgan fingerprint density at radius 2 is 2.15 bits per heavy atom. The number of nitrogens with zero attached hydrogens (tertiary/aromatic N) is 2. The SMILES string of the molecule is CCC(N)Cc1ccc(N(CC)Cc2cccs2)nc1. The minimum atomic E-state index is 0.232. The highest BCUT2D eigenvalue weighted by molar-refractivity contribution is 7.09. The molecule has 0 fully saturated rings. The largest absolute Gasteiger partial charge is 0.352 e. The first-order valence-corrected chi connectivity index (χ1v) is 8.08. The number of thiophene rings is 1. The molecule has 0 saturated heterocycles. The molecule has 0 amide bonds. The highest BCUT2D eigenvalue weighted by atomic mass is 32.1. The molecule has 0 saturated carbocycles. The van der Waals surface area contributed by atoms with E-state index in [2.05, 4.69) is 53.4 Å². The van der Waals surface area contributed by atoms with E-state index >= 15 is 0 Å². The van der Waals surface area contributed by atoms with Crippen LogP contribution in [0.25, 0.3) is 0 Å². The lowest BCUT2D eigenvalue weighted by molar-refractivity contribution is 0.645. The van der Waals surface area contributed by atoms with Crippen molar-refractivity contribution >= 4 is 17.2 Å². The van der Waals surface area contributed by atoms with Gasteiger partial charge in [0.15, 0.2) is 0 Å². The average Bonchev–Trinajstić information content (AvgIpc) is 2.98. The van der Waals surface area contributed by atoms with E-state index in [1.165, 1.54) is 10.4 Å². The molecule has 0 aliphatic rings. The van der Waals surface area contributed by atoms with E-state index in [-0.39, 0.29) is 6.04 Å². The van der Waals surface area contributed by atoms with E-state index < -0.39 is 0 Å². The molecule has 0 radical (unpaired) electrons. The fourth-order valence-electron chi connectivity index (χ4n) is 2.12. The van der Waals surface area contributed by atoms with Crippen molar-refractivity contribution in [3.63, 3.8) is 0 Å². The number of anilines is 1. The number of hydrogen-bond donors (Lipinski definition) is 1. The molecule has 2 heterocycles. The Morgan fingerprint density at radius 1 is 1.30 bits per heavy atom. The van der Waals surface area contributed by atoms with Gasteiger partial charge < -0.3 is 10.6 Å². The number of nitrogens with two attached hydrogens (primary N) is 1. The van der Waals surface area contributed by atoms with Gasteiger partial charge in [-0.2, -0.15) is 0 Å². The molecule has 4 heteroatoms. The second kappa shape index (κ2) is 7.41. The Kier molecular flexibility index (Phi) is 5.56. The van der Waals surface area contributed by atoms with Crippen LogP contribution in [0.1, 0.15) is 30.7 Å². The summed E-state index contributed by atoms with van der Waals surface area (Å²) in [6, 6.07) is 8.75. The molecule has 2 aromatic heterocycles. The van der Waals surface area contributed by atoms with Crippen LogP contribution in [-0.4, -0.2) is 17.6 Å². The van der Waals surface area contributed by atoms with Crippen LogP contribution >= 0.6 is 11.3 Å². The highest BCUT2D eigenvalue weighted by Crippen LogP contribution is 2.18. The van der Waals surface area contributed by atoms with E-state index in [4.69, 9.17) is 5.73 Å². The molecule has 20 heavy (non-hydrogen) atoms. The zero-order valence-corrected chi connectivity index (χ0v) is 13.1. The minimum absolute atomic E-state index is 0.232. The fraction of sp³-hybridized carbons (Fsp3) is 0.438. The molecule has 108 valence electrons. The standard InChI is InChI=1S/C16H23N3S/c1-3-14(17)10-13-7-8-16(18-11-13)19(4-2)12-15-6-5-9-20-15/h5-9,11,14H,3-4,10,12,17H2,1-2H3. The Balaban J connectivity index is 2.03. The van der Waals surface area contributed by atoms with Gasteiger partial charge >= 0.3 is 0 Å². The van der Waals surface area contributed by atoms with Crippen molar-refractivity contribution < 1.29 is 0 Å². The summed E-state index contributed by atoms with van der Waals surface area (Å²) < 4.78 is 0. The molecule has 1 atom stereocenters. The maximum atomic E-state index is 5.98. The quantitative estimate of drug-likeness (QED) is 0.849. The summed E-state index contributed by atoms with van der Waals surface area (Å²) in [7, 11) is 0. The minimum Gasteiger partial charge on any atom is -0.352 e. The van der Waals surface area contributed by atoms with Crippen LogP contribution in [0.15, 0.2) is 35.8 Å². The topological polar surface area (TPSA) is 42.1 Å². The van der Waals surface area contributed by atoms with Gasteiger partial charge in [-0.05, 0) is 42.8 Å². The van der Waals surface area contributed by atoms with Crippen molar-refractivity contribution in [3.05, 3.63) is 46.3 Å². The second-order valence-electron chi connectivity index (χ2n) is 4.99. The first-order chi connectivity index (χ1) is 9.72. The third-order valence-corrected chi connectivity index (χ3v) is 4.33. The summed E-state index contributed by atoms with van der Waals surface area (Å²) in [5.41, 5.74) is 7.20. The second-order valence-corrected chi connectivity index (χ2v) is 6.02. The number of hydrogen-bond acceptors (Lipinski definition) is 4. The van der Waals surface area contributed by atoms with Crippen LogP contribution in [0.5, 0.6) is 0 Å². The number of aromatic nitrogens is 1. The van der Waals surface area contributed by atoms with E-state index in [9.17, 15) is 0 Å². The first-order valence-electron chi connectivity index (χ1n) is 7.20. The molecule has 3 nitrogen and oxygen atoms in total. The summed E-state index contributed by atoms with van der Waals surface area (Å²) in [5, 5.41) is 2.12. The van der Waals surface area contributed by atoms with Crippen molar-refractivity contribution in [2.24, 2.45) is 5.73 Å². The van der Waals surface area contributed by atoms with Gasteiger partial charge in [0.05, 0.1) is 6.54 Å². The lowest BCUT2D eigenvalue weighted by atomic mass is 10.1. The maximum Gasteiger partial charge on any atom is 0.128 e. The Hall–Kier alpha value is -1.39. The van der Waals surface area contributed by atoms with Crippen LogP contribution in [0.4, 0.5) is 5.82 Å². The molecule has 2 N–H and O–H groups in total. The highest BCUT2D eigenvalue weighted by Gasteiger charge is 2.08. The summed E-state index contributed by atoms with van der Waals surface area (Å²) in [6.07, 6.45) is 3.87. The average molecular weight is 289 g/mol. The summed E-state index contributed by atoms with van der Waals surface area (Å²) in [4.78, 5) is 8.25. The van der Waals surface area contributed by atoms with Crippen LogP contribution in [0.3, 0.4) is 0 Å². The van der Waals surface area contributed by atoms with Gasteiger partial charge in [-0.25, -0.2) is 4.98 Å². The van der Waals surface area contributed by atoms with E-state index in [1.807, 2.05) is 6.20 Å². The van der Waals surface area contributed by atoms with Crippen molar-refractivity contribution in [2.45, 2.75) is 39.3 Å². The fourth-order valence-corrected chi connectivity index (χ4v) is 2.84. The van der Waals surface area contributed by atoms with Gasteiger partial charge in [-0.3, -0.25) is 0 Å². The first kappa shape index (κ1) is 15.0. The van der Waals surface area contributed by atoms with E-state index in [0.717, 1.165) is 31.7 Å². The third-order valence-electron chi connectivity index (χ3n) is 3.46. The molecule has 0 aromatic carbocycles. The zero-order chi connectivity index (χ0) is 14.4. The summed E-state index contributed by atoms with van der Waals surface area (Å²) >= 11 is 1.79. The van der Waals surface area contributed by atoms with Gasteiger partial charge in [-0.15, -0.1) is 11.3 Å². The van der Waals surface area contributed by atoms with Gasteiger partial charge in [0.1, 0.15) is 5.82 Å². The molecular weight excluding hydrogens is 266 g/mol. The zero-order valence-electron chi connectivity index (χ0n) is 12.2. The van der Waals surface area contributed by atoms with Crippen LogP contribution in [0.2, 0.25) is 0 Å². The Labute approximate surface area is 125 Å². The monoisotopic (exact) mass is 289 g/mol. The third kappa shape index (κ3) is 4.05. The predicted octanol–water partition coefficient (Wildman–Crippen LogP) is 3.45. The Bertz CT molecular complexity index is 493. The van der Waals surface area contributed by atoms with Crippen LogP contribution in [0, 0.1) is 0 Å². The van der Waals surface area contributed by atoms with Crippen LogP contribution < -0.4 is 10.6 Å². The molecule has 0 aliphatic carbocycles. The summed E-state index contributed by atoms with van der Waals surface area (Å²) in [5.74, 6) is 1.04. The molecule has 0 aliphatic heterocycles. The maximum absolute atomic E-state index is 5.98.